The van der Waals surface area contributed by atoms with E-state index in [1.807, 2.05) is 13.8 Å². The average Bonchev–Trinajstić information content (AvgIpc) is 2.14. The summed E-state index contributed by atoms with van der Waals surface area (Å²) in [5.41, 5.74) is 0. The van der Waals surface area contributed by atoms with Crippen molar-refractivity contribution in [1.29, 1.82) is 0 Å². The molecule has 0 aromatic carbocycles. The monoisotopic (exact) mass is 206 g/mol. The summed E-state index contributed by atoms with van der Waals surface area (Å²) in [5.74, 6) is 0.0150. The molecule has 4 N–H and O–H groups in total. The molecule has 5 nitrogen and oxygen atoms in total. The standard InChI is InChI=1S/C9H18O5/c1-4(2)9-8(13)7(12)6(11)5(3-10)14-9/h4-13H,3H2,1-2H3/t5-,6+,7+,8-,9+/m1/s1. The lowest BCUT2D eigenvalue weighted by Crippen LogP contribution is -2.59. The van der Waals surface area contributed by atoms with Gasteiger partial charge in [0.05, 0.1) is 12.7 Å². The normalized spacial score (nSPS) is 44.4. The average molecular weight is 206 g/mol. The Hall–Kier alpha value is -0.200. The Kier molecular flexibility index (Phi) is 3.86. The van der Waals surface area contributed by atoms with E-state index in [2.05, 4.69) is 0 Å². The van der Waals surface area contributed by atoms with Crippen LogP contribution in [0.3, 0.4) is 0 Å². The number of ether oxygens (including phenoxy) is 1. The van der Waals surface area contributed by atoms with Crippen LogP contribution in [0.15, 0.2) is 0 Å². The van der Waals surface area contributed by atoms with Gasteiger partial charge in [-0.15, -0.1) is 0 Å². The van der Waals surface area contributed by atoms with E-state index in [1.54, 1.807) is 0 Å². The van der Waals surface area contributed by atoms with E-state index in [-0.39, 0.29) is 12.5 Å². The van der Waals surface area contributed by atoms with E-state index in [4.69, 9.17) is 9.84 Å². The van der Waals surface area contributed by atoms with E-state index >= 15 is 0 Å². The molecule has 5 atom stereocenters. The van der Waals surface area contributed by atoms with Gasteiger partial charge in [-0.1, -0.05) is 13.8 Å². The summed E-state index contributed by atoms with van der Waals surface area (Å²) >= 11 is 0. The SMILES string of the molecule is CC(C)[C@@H]1O[C@H](CO)[C@H](O)[C@H](O)[C@H]1O. The van der Waals surface area contributed by atoms with E-state index < -0.39 is 30.5 Å². The van der Waals surface area contributed by atoms with Gasteiger partial charge >= 0.3 is 0 Å². The fourth-order valence-electron chi connectivity index (χ4n) is 1.68. The highest BCUT2D eigenvalue weighted by Gasteiger charge is 2.44. The first-order valence-electron chi connectivity index (χ1n) is 4.79. The van der Waals surface area contributed by atoms with Crippen LogP contribution in [0.1, 0.15) is 13.8 Å². The fourth-order valence-corrected chi connectivity index (χ4v) is 1.68. The molecule has 0 unspecified atom stereocenters. The van der Waals surface area contributed by atoms with Crippen molar-refractivity contribution in [3.05, 3.63) is 0 Å². The predicted octanol–water partition coefficient (Wildman–Crippen LogP) is -1.52. The van der Waals surface area contributed by atoms with Gasteiger partial charge in [0.25, 0.3) is 0 Å². The van der Waals surface area contributed by atoms with Crippen molar-refractivity contribution in [3.8, 4) is 0 Å². The topological polar surface area (TPSA) is 90.2 Å². The maximum atomic E-state index is 9.57. The second kappa shape index (κ2) is 4.55. The molecular weight excluding hydrogens is 188 g/mol. The molecule has 1 saturated heterocycles. The van der Waals surface area contributed by atoms with Gasteiger partial charge in [-0.3, -0.25) is 0 Å². The van der Waals surface area contributed by atoms with Gasteiger partial charge < -0.3 is 25.2 Å². The van der Waals surface area contributed by atoms with Crippen LogP contribution >= 0.6 is 0 Å². The van der Waals surface area contributed by atoms with Crippen LogP contribution < -0.4 is 0 Å². The van der Waals surface area contributed by atoms with Crippen LogP contribution in [-0.2, 0) is 4.74 Å². The highest BCUT2D eigenvalue weighted by molar-refractivity contribution is 4.92. The van der Waals surface area contributed by atoms with E-state index in [1.165, 1.54) is 0 Å². The zero-order chi connectivity index (χ0) is 10.9. The molecule has 1 fully saturated rings. The third-order valence-electron chi connectivity index (χ3n) is 2.59. The van der Waals surface area contributed by atoms with Gasteiger partial charge in [0, 0.05) is 0 Å². The zero-order valence-electron chi connectivity index (χ0n) is 8.37. The minimum atomic E-state index is -1.26. The molecule has 1 aliphatic rings. The van der Waals surface area contributed by atoms with Crippen LogP contribution in [0.25, 0.3) is 0 Å². The molecule has 14 heavy (non-hydrogen) atoms. The van der Waals surface area contributed by atoms with Crippen molar-refractivity contribution in [2.45, 2.75) is 44.4 Å². The molecule has 1 aliphatic heterocycles. The van der Waals surface area contributed by atoms with Crippen LogP contribution in [0.5, 0.6) is 0 Å². The number of hydrogen-bond acceptors (Lipinski definition) is 5. The van der Waals surface area contributed by atoms with Gasteiger partial charge in [0.15, 0.2) is 0 Å². The lowest BCUT2D eigenvalue weighted by molar-refractivity contribution is -0.238. The summed E-state index contributed by atoms with van der Waals surface area (Å²) in [6.45, 7) is 3.31. The van der Waals surface area contributed by atoms with E-state index in [0.29, 0.717) is 0 Å². The van der Waals surface area contributed by atoms with Gasteiger partial charge in [-0.05, 0) is 5.92 Å². The fraction of sp³-hybridized carbons (Fsp3) is 1.00. The number of rotatable bonds is 2. The third-order valence-corrected chi connectivity index (χ3v) is 2.59. The second-order valence-corrected chi connectivity index (χ2v) is 4.04. The van der Waals surface area contributed by atoms with Crippen molar-refractivity contribution < 1.29 is 25.2 Å². The van der Waals surface area contributed by atoms with Crippen molar-refractivity contribution in [2.75, 3.05) is 6.61 Å². The molecular formula is C9H18O5. The Morgan fingerprint density at radius 3 is 2.07 bits per heavy atom. The quantitative estimate of drug-likeness (QED) is 0.441. The highest BCUT2D eigenvalue weighted by atomic mass is 16.5. The second-order valence-electron chi connectivity index (χ2n) is 4.04. The minimum Gasteiger partial charge on any atom is -0.394 e. The Morgan fingerprint density at radius 2 is 1.64 bits per heavy atom. The molecule has 0 saturated carbocycles. The summed E-state index contributed by atoms with van der Waals surface area (Å²) < 4.78 is 5.28. The Bertz CT molecular complexity index is 182. The lowest BCUT2D eigenvalue weighted by atomic mass is 9.90. The summed E-state index contributed by atoms with van der Waals surface area (Å²) in [5, 5.41) is 37.4. The molecule has 5 heteroatoms. The van der Waals surface area contributed by atoms with E-state index in [9.17, 15) is 15.3 Å². The Balaban J connectivity index is 2.73. The number of aliphatic hydroxyl groups is 4. The van der Waals surface area contributed by atoms with Gasteiger partial charge in [-0.2, -0.15) is 0 Å². The molecule has 1 heterocycles. The predicted molar refractivity (Wildman–Crippen MR) is 48.6 cm³/mol. The summed E-state index contributed by atoms with van der Waals surface area (Å²) in [6.07, 6.45) is -4.96. The summed E-state index contributed by atoms with van der Waals surface area (Å²) in [6, 6.07) is 0. The molecule has 1 rings (SSSR count). The van der Waals surface area contributed by atoms with Crippen molar-refractivity contribution in [3.63, 3.8) is 0 Å². The van der Waals surface area contributed by atoms with Crippen molar-refractivity contribution in [2.24, 2.45) is 5.92 Å². The zero-order valence-corrected chi connectivity index (χ0v) is 8.37. The van der Waals surface area contributed by atoms with Crippen molar-refractivity contribution >= 4 is 0 Å². The van der Waals surface area contributed by atoms with Crippen LogP contribution in [-0.4, -0.2) is 57.6 Å². The van der Waals surface area contributed by atoms with Crippen LogP contribution in [0.4, 0.5) is 0 Å². The summed E-state index contributed by atoms with van der Waals surface area (Å²) in [7, 11) is 0. The number of hydrogen-bond donors (Lipinski definition) is 4. The highest BCUT2D eigenvalue weighted by Crippen LogP contribution is 2.25. The molecule has 0 spiro atoms. The maximum Gasteiger partial charge on any atom is 0.111 e. The molecule has 0 aromatic rings. The number of aliphatic hydroxyl groups excluding tert-OH is 4. The molecule has 0 aliphatic carbocycles. The van der Waals surface area contributed by atoms with Gasteiger partial charge in [0.2, 0.25) is 0 Å². The first-order chi connectivity index (χ1) is 6.49. The first kappa shape index (κ1) is 11.9. The molecule has 84 valence electrons. The molecule has 0 bridgehead atoms. The van der Waals surface area contributed by atoms with Crippen LogP contribution in [0.2, 0.25) is 0 Å². The lowest BCUT2D eigenvalue weighted by Gasteiger charge is -2.41. The first-order valence-corrected chi connectivity index (χ1v) is 4.79. The summed E-state index contributed by atoms with van der Waals surface area (Å²) in [4.78, 5) is 0. The Morgan fingerprint density at radius 1 is 1.07 bits per heavy atom. The van der Waals surface area contributed by atoms with Crippen LogP contribution in [0, 0.1) is 5.92 Å². The van der Waals surface area contributed by atoms with Gasteiger partial charge in [0.1, 0.15) is 24.4 Å². The minimum absolute atomic E-state index is 0.0150. The third kappa shape index (κ3) is 2.07. The smallest absolute Gasteiger partial charge is 0.111 e. The molecule has 0 amide bonds. The van der Waals surface area contributed by atoms with Gasteiger partial charge in [-0.25, -0.2) is 0 Å². The molecule has 0 aromatic heterocycles. The van der Waals surface area contributed by atoms with E-state index in [0.717, 1.165) is 0 Å². The largest absolute Gasteiger partial charge is 0.394 e. The Labute approximate surface area is 82.9 Å². The maximum absolute atomic E-state index is 9.57. The molecule has 0 radical (unpaired) electrons. The van der Waals surface area contributed by atoms with Crippen molar-refractivity contribution in [1.82, 2.24) is 0 Å².